The molecule has 0 aromatic carbocycles. The van der Waals surface area contributed by atoms with Crippen LogP contribution >= 0.6 is 23.5 Å². The van der Waals surface area contributed by atoms with Gasteiger partial charge in [0, 0.05) is 4.92 Å². The maximum atomic E-state index is 12.3. The van der Waals surface area contributed by atoms with Gasteiger partial charge in [-0.1, -0.05) is 0 Å². The molecule has 0 amide bonds. The number of nitrogens with zero attached hydrogens (tertiary/aromatic N) is 6. The molecule has 6 unspecified atom stereocenters. The summed E-state index contributed by atoms with van der Waals surface area (Å²) in [5.74, 6) is -3.59. The molecule has 6 atom stereocenters. The zero-order valence-electron chi connectivity index (χ0n) is 26.1. The molecule has 2 aliphatic heterocycles. The van der Waals surface area contributed by atoms with Crippen molar-refractivity contribution in [1.29, 1.82) is 0 Å². The number of nitrogen functional groups attached to an aromatic ring is 1. The topological polar surface area (TPSA) is 418 Å². The first-order valence-electron chi connectivity index (χ1n) is 11.9. The molecule has 28 nitrogen and oxygen atoms in total. The first kappa shape index (κ1) is 49.1. The summed E-state index contributed by atoms with van der Waals surface area (Å²) in [5.41, 5.74) is 1.31. The number of hydrogen-bond acceptors (Lipinski definition) is 23. The molecule has 2 aromatic heterocycles. The number of aromatic nitrogens is 4. The van der Waals surface area contributed by atoms with Crippen LogP contribution in [0.4, 0.5) is 5.95 Å². The Morgan fingerprint density at radius 2 is 1.47 bits per heavy atom. The van der Waals surface area contributed by atoms with E-state index in [1.165, 1.54) is 0 Å². The molecule has 2 fully saturated rings. The Labute approximate surface area is 368 Å². The van der Waals surface area contributed by atoms with Crippen LogP contribution in [0.2, 0.25) is 0 Å². The quantitative estimate of drug-likeness (QED) is 0.0919. The summed E-state index contributed by atoms with van der Waals surface area (Å²) in [4.78, 5) is 98.9. The number of phosphoric ester groups is 1. The molecular weight excluding hydrogens is 809 g/mol. The summed E-state index contributed by atoms with van der Waals surface area (Å²) < 4.78 is 63.2. The van der Waals surface area contributed by atoms with E-state index in [0.717, 1.165) is 10.9 Å². The molecule has 3 N–H and O–H groups in total. The first-order valence-corrected chi connectivity index (χ1v) is 16.3. The van der Waals surface area contributed by atoms with E-state index in [1.54, 1.807) is 0 Å². The molecule has 35 heteroatoms. The van der Waals surface area contributed by atoms with Crippen molar-refractivity contribution in [3.05, 3.63) is 70.6 Å². The van der Waals surface area contributed by atoms with Crippen LogP contribution in [0.5, 0.6) is 0 Å². The summed E-state index contributed by atoms with van der Waals surface area (Å²) in [6.45, 7) is -1.38. The minimum Gasteiger partial charge on any atom is -0.790 e. The van der Waals surface area contributed by atoms with E-state index >= 15 is 0 Å². The predicted octanol–water partition coefficient (Wildman–Crippen LogP) is -16.1. The number of hydrogen-bond donors (Lipinski definition) is 2. The normalized spacial score (nSPS) is 27.6. The molecule has 1 aliphatic carbocycles. The molecule has 5 rings (SSSR count). The fourth-order valence-corrected chi connectivity index (χ4v) is 7.64. The Morgan fingerprint density at radius 3 is 1.98 bits per heavy atom. The molecule has 2 saturated heterocycles. The van der Waals surface area contributed by atoms with Crippen molar-refractivity contribution < 1.29 is 194 Å². The molecule has 256 valence electrons. The number of phosphoric acid groups is 3. The van der Waals surface area contributed by atoms with Gasteiger partial charge in [0.05, 0.1) is 42.8 Å². The van der Waals surface area contributed by atoms with Crippen molar-refractivity contribution in [2.45, 2.75) is 36.4 Å². The van der Waals surface area contributed by atoms with Gasteiger partial charge in [-0.05, 0) is 0 Å². The molecule has 0 saturated carbocycles. The van der Waals surface area contributed by atoms with Crippen LogP contribution in [0.3, 0.4) is 0 Å². The van der Waals surface area contributed by atoms with Crippen LogP contribution in [0.15, 0.2) is 34.7 Å². The zero-order chi connectivity index (χ0) is 34.9. The van der Waals surface area contributed by atoms with Crippen molar-refractivity contribution in [3.8, 4) is 0 Å². The maximum Gasteiger partial charge on any atom is 1.00 e. The number of H-pyrrole nitrogens is 1. The third-order valence-electron chi connectivity index (χ3n) is 6.38. The Balaban J connectivity index is 0.00000325. The van der Waals surface area contributed by atoms with E-state index in [9.17, 15) is 68.4 Å². The molecule has 0 radical (unpaired) electrons. The van der Waals surface area contributed by atoms with Crippen LogP contribution in [0.25, 0.3) is 11.2 Å². The summed E-state index contributed by atoms with van der Waals surface area (Å²) in [6, 6.07) is -2.11. The Morgan fingerprint density at radius 1 is 0.922 bits per heavy atom. The van der Waals surface area contributed by atoms with E-state index in [4.69, 9.17) is 19.9 Å². The third-order valence-corrected chi connectivity index (χ3v) is 10.0. The molecular formula is C16H13N8Na4O20P3. The van der Waals surface area contributed by atoms with Gasteiger partial charge in [-0.3, -0.25) is 58.1 Å². The van der Waals surface area contributed by atoms with Gasteiger partial charge in [0.15, 0.2) is 17.4 Å². The van der Waals surface area contributed by atoms with Crippen molar-refractivity contribution in [3.63, 3.8) is 0 Å². The Bertz CT molecular complexity index is 1940. The monoisotopic (exact) mass is 822 g/mol. The van der Waals surface area contributed by atoms with E-state index in [2.05, 4.69) is 28.1 Å². The number of nitrogens with two attached hydrogens (primary N) is 1. The van der Waals surface area contributed by atoms with Gasteiger partial charge in [0.2, 0.25) is 5.95 Å². The van der Waals surface area contributed by atoms with Gasteiger partial charge in [-0.15, -0.1) is 0 Å². The molecule has 0 bridgehead atoms. The number of nitro groups is 3. The third kappa shape index (κ3) is 10.5. The fraction of sp³-hybridized carbons (Fsp3) is 0.438. The van der Waals surface area contributed by atoms with E-state index < -0.39 is 104 Å². The van der Waals surface area contributed by atoms with Crippen molar-refractivity contribution in [1.82, 2.24) is 19.5 Å². The number of aromatic amines is 1. The predicted molar refractivity (Wildman–Crippen MR) is 131 cm³/mol. The van der Waals surface area contributed by atoms with Gasteiger partial charge < -0.3 is 48.6 Å². The number of rotatable bonds is 11. The summed E-state index contributed by atoms with van der Waals surface area (Å²) in [7, 11) is -18.9. The number of ether oxygens (including phenoxy) is 3. The van der Waals surface area contributed by atoms with Crippen molar-refractivity contribution >= 4 is 40.6 Å². The SMILES string of the molecule is Nc1nc2c(ncn2C2OC(COP(=O)([O-])OP(=O)([O-])OP(=O)([O-])[O-])C3OC4(OC32)C([N+](=O)[O-])=CC([N+](=O)[O-])C=C4[N+](=O)[O-])c(=O)[nH]1.[Na+].[Na+].[Na+].[Na+]. The van der Waals surface area contributed by atoms with Gasteiger partial charge in [0.25, 0.3) is 27.2 Å². The van der Waals surface area contributed by atoms with Crippen LogP contribution in [-0.2, 0) is 41.1 Å². The summed E-state index contributed by atoms with van der Waals surface area (Å²) in [5, 5.41) is 35.5. The Kier molecular flexibility index (Phi) is 17.3. The van der Waals surface area contributed by atoms with E-state index in [1.807, 2.05) is 0 Å². The average molecular weight is 822 g/mol. The molecule has 51 heavy (non-hydrogen) atoms. The number of anilines is 1. The van der Waals surface area contributed by atoms with Crippen LogP contribution < -0.4 is 149 Å². The number of imidazole rings is 1. The van der Waals surface area contributed by atoms with E-state index in [-0.39, 0.29) is 129 Å². The van der Waals surface area contributed by atoms with Crippen LogP contribution in [0.1, 0.15) is 6.23 Å². The van der Waals surface area contributed by atoms with Gasteiger partial charge in [-0.25, -0.2) is 9.29 Å². The fourth-order valence-electron chi connectivity index (χ4n) is 4.77. The standard InChI is InChI=1S/C16H17N8O20P3.4Na/c17-15-19-12-9(13(25)20-15)18-4-21(12)14-11-10(6(40-14)3-39-46(35,36)44-47(37,38)43-45(32,33)34)41-16(42-11)7(23(28)29)1-5(22(26)27)2-8(16)24(30)31;;;;/h1-2,4-6,10-11,14H,3H2,(H,35,36)(H,37,38)(H2,32,33,34)(H3,17,19,20,25);;;;/q;4*+1/p-4. The Hall–Kier alpha value is 0.120. The second kappa shape index (κ2) is 17.9. The van der Waals surface area contributed by atoms with Gasteiger partial charge in [-0.2, -0.15) is 4.98 Å². The smallest absolute Gasteiger partial charge is 0.790 e. The number of fused-ring (bicyclic) bond motifs is 2. The van der Waals surface area contributed by atoms with Crippen molar-refractivity contribution in [2.24, 2.45) is 0 Å². The first-order chi connectivity index (χ1) is 21.6. The molecule has 1 spiro atoms. The average Bonchev–Trinajstić information content (AvgIpc) is 3.57. The number of nitrogens with one attached hydrogen (secondary N) is 1. The largest absolute Gasteiger partial charge is 1.00 e. The van der Waals surface area contributed by atoms with Gasteiger partial charge >= 0.3 is 135 Å². The summed E-state index contributed by atoms with van der Waals surface area (Å²) in [6.07, 6.45) is -5.64. The molecule has 4 heterocycles. The minimum atomic E-state index is -6.41. The zero-order valence-corrected chi connectivity index (χ0v) is 36.8. The summed E-state index contributed by atoms with van der Waals surface area (Å²) >= 11 is 0. The molecule has 3 aliphatic rings. The minimum absolute atomic E-state index is 0. The van der Waals surface area contributed by atoms with Crippen molar-refractivity contribution in [2.75, 3.05) is 12.3 Å². The molecule has 2 aromatic rings. The van der Waals surface area contributed by atoms with Gasteiger partial charge in [0.1, 0.15) is 18.3 Å². The second-order valence-corrected chi connectivity index (χ2v) is 13.6. The van der Waals surface area contributed by atoms with Crippen LogP contribution in [0, 0.1) is 30.3 Å². The second-order valence-electron chi connectivity index (χ2n) is 9.32. The van der Waals surface area contributed by atoms with Crippen LogP contribution in [-0.4, -0.2) is 71.0 Å². The van der Waals surface area contributed by atoms with E-state index in [0.29, 0.717) is 12.2 Å². The maximum absolute atomic E-state index is 12.3.